The van der Waals surface area contributed by atoms with E-state index < -0.39 is 5.60 Å². The number of hydrogen-bond donors (Lipinski definition) is 4. The van der Waals surface area contributed by atoms with Crippen LogP contribution in [-0.2, 0) is 16.0 Å². The summed E-state index contributed by atoms with van der Waals surface area (Å²) in [7, 11) is 0. The molecule has 2 atom stereocenters. The van der Waals surface area contributed by atoms with Crippen molar-refractivity contribution in [3.63, 3.8) is 0 Å². The number of fused-ring (bicyclic) bond motifs is 1. The van der Waals surface area contributed by atoms with Gasteiger partial charge in [-0.25, -0.2) is 0 Å². The van der Waals surface area contributed by atoms with E-state index in [1.807, 2.05) is 13.0 Å². The third-order valence-electron chi connectivity index (χ3n) is 4.42. The van der Waals surface area contributed by atoms with E-state index in [4.69, 9.17) is 10.5 Å². The molecule has 0 aromatic heterocycles. The van der Waals surface area contributed by atoms with E-state index in [2.05, 4.69) is 10.6 Å². The Labute approximate surface area is 123 Å². The Morgan fingerprint density at radius 3 is 3.05 bits per heavy atom. The van der Waals surface area contributed by atoms with E-state index in [1.165, 1.54) is 0 Å². The van der Waals surface area contributed by atoms with Crippen molar-refractivity contribution >= 4 is 23.0 Å². The summed E-state index contributed by atoms with van der Waals surface area (Å²) in [4.78, 5) is 11.4. The molecule has 2 aliphatic heterocycles. The maximum absolute atomic E-state index is 11.4. The van der Waals surface area contributed by atoms with E-state index in [1.54, 1.807) is 6.07 Å². The van der Waals surface area contributed by atoms with Gasteiger partial charge < -0.3 is 26.2 Å². The molecule has 1 saturated heterocycles. The number of nitrogens with two attached hydrogens (primary N) is 1. The summed E-state index contributed by atoms with van der Waals surface area (Å²) >= 11 is 0. The van der Waals surface area contributed by atoms with Gasteiger partial charge in [-0.3, -0.25) is 4.79 Å². The first-order chi connectivity index (χ1) is 9.98. The molecule has 21 heavy (non-hydrogen) atoms. The molecule has 1 aromatic carbocycles. The fourth-order valence-electron chi connectivity index (χ4n) is 2.85. The topological polar surface area (TPSA) is 96.6 Å². The van der Waals surface area contributed by atoms with Gasteiger partial charge in [0.05, 0.1) is 17.5 Å². The molecule has 6 nitrogen and oxygen atoms in total. The van der Waals surface area contributed by atoms with Crippen molar-refractivity contribution in [2.75, 3.05) is 29.5 Å². The van der Waals surface area contributed by atoms with Crippen LogP contribution in [0.2, 0.25) is 0 Å². The van der Waals surface area contributed by atoms with Gasteiger partial charge in [0.15, 0.2) is 0 Å². The second kappa shape index (κ2) is 5.20. The van der Waals surface area contributed by atoms with Crippen LogP contribution in [0.3, 0.4) is 0 Å². The first-order valence-electron chi connectivity index (χ1n) is 7.28. The standard InChI is InChI=1S/C15H21N3O3/c1-9-15(20,4-5-21-9)8-17-13-6-10-2-3-14(19)18-12(10)7-11(13)16/h6-7,9,17,20H,2-5,8,16H2,1H3,(H,18,19). The quantitative estimate of drug-likeness (QED) is 0.626. The highest BCUT2D eigenvalue weighted by atomic mass is 16.5. The maximum atomic E-state index is 11.4. The molecule has 2 unspecified atom stereocenters. The predicted molar refractivity (Wildman–Crippen MR) is 81.3 cm³/mol. The number of carbonyl (C=O) groups is 1. The SMILES string of the molecule is CC1OCCC1(O)CNc1cc2c(cc1N)NC(=O)CC2. The summed E-state index contributed by atoms with van der Waals surface area (Å²) in [6.07, 6.45) is 1.62. The number of hydrogen-bond acceptors (Lipinski definition) is 5. The lowest BCUT2D eigenvalue weighted by Crippen LogP contribution is -2.43. The van der Waals surface area contributed by atoms with Crippen molar-refractivity contribution in [3.05, 3.63) is 17.7 Å². The molecule has 1 fully saturated rings. The van der Waals surface area contributed by atoms with Crippen LogP contribution in [-0.4, -0.2) is 35.9 Å². The summed E-state index contributed by atoms with van der Waals surface area (Å²) in [5, 5.41) is 16.5. The second-order valence-electron chi connectivity index (χ2n) is 5.86. The zero-order valence-electron chi connectivity index (χ0n) is 12.1. The number of anilines is 3. The molecule has 2 heterocycles. The fraction of sp³-hybridized carbons (Fsp3) is 0.533. The van der Waals surface area contributed by atoms with Gasteiger partial charge in [0.25, 0.3) is 0 Å². The molecule has 114 valence electrons. The Balaban J connectivity index is 1.76. The van der Waals surface area contributed by atoms with E-state index in [-0.39, 0.29) is 12.0 Å². The molecule has 0 aliphatic carbocycles. The highest BCUT2D eigenvalue weighted by Crippen LogP contribution is 2.32. The Kier molecular flexibility index (Phi) is 3.51. The van der Waals surface area contributed by atoms with Crippen molar-refractivity contribution in [2.45, 2.75) is 37.9 Å². The number of carbonyl (C=O) groups excluding carboxylic acids is 1. The Bertz CT molecular complexity index is 576. The Hall–Kier alpha value is -1.79. The largest absolute Gasteiger partial charge is 0.397 e. The van der Waals surface area contributed by atoms with Crippen LogP contribution >= 0.6 is 0 Å². The first kappa shape index (κ1) is 14.2. The van der Waals surface area contributed by atoms with E-state index in [0.29, 0.717) is 38.1 Å². The zero-order chi connectivity index (χ0) is 15.0. The van der Waals surface area contributed by atoms with E-state index in [0.717, 1.165) is 16.9 Å². The van der Waals surface area contributed by atoms with Crippen LogP contribution in [0.25, 0.3) is 0 Å². The van der Waals surface area contributed by atoms with Crippen molar-refractivity contribution < 1.29 is 14.6 Å². The molecule has 5 N–H and O–H groups in total. The summed E-state index contributed by atoms with van der Waals surface area (Å²) in [5.74, 6) is 0.0221. The van der Waals surface area contributed by atoms with Crippen LogP contribution in [0.15, 0.2) is 12.1 Å². The minimum Gasteiger partial charge on any atom is -0.397 e. The lowest BCUT2D eigenvalue weighted by Gasteiger charge is -2.27. The van der Waals surface area contributed by atoms with Gasteiger partial charge in [-0.1, -0.05) is 0 Å². The predicted octanol–water partition coefficient (Wildman–Crippen LogP) is 1.11. The van der Waals surface area contributed by atoms with E-state index in [9.17, 15) is 9.90 Å². The van der Waals surface area contributed by atoms with Gasteiger partial charge in [0, 0.05) is 31.7 Å². The summed E-state index contributed by atoms with van der Waals surface area (Å²) in [6.45, 7) is 2.84. The number of aryl methyl sites for hydroxylation is 1. The Morgan fingerprint density at radius 2 is 2.33 bits per heavy atom. The molecular weight excluding hydrogens is 270 g/mol. The number of nitrogens with one attached hydrogen (secondary N) is 2. The number of amides is 1. The second-order valence-corrected chi connectivity index (χ2v) is 5.86. The van der Waals surface area contributed by atoms with Gasteiger partial charge in [-0.05, 0) is 31.0 Å². The third kappa shape index (κ3) is 2.69. The Morgan fingerprint density at radius 1 is 1.52 bits per heavy atom. The highest BCUT2D eigenvalue weighted by Gasteiger charge is 2.39. The van der Waals surface area contributed by atoms with Crippen molar-refractivity contribution in [2.24, 2.45) is 0 Å². The molecule has 0 spiro atoms. The summed E-state index contributed by atoms with van der Waals surface area (Å²) in [6, 6.07) is 3.72. The minimum absolute atomic E-state index is 0.0221. The maximum Gasteiger partial charge on any atom is 0.224 e. The summed E-state index contributed by atoms with van der Waals surface area (Å²) in [5.41, 5.74) is 8.36. The van der Waals surface area contributed by atoms with Crippen LogP contribution in [0.4, 0.5) is 17.1 Å². The average molecular weight is 291 g/mol. The molecule has 0 bridgehead atoms. The third-order valence-corrected chi connectivity index (χ3v) is 4.42. The van der Waals surface area contributed by atoms with Crippen LogP contribution in [0.1, 0.15) is 25.3 Å². The first-order valence-corrected chi connectivity index (χ1v) is 7.28. The number of benzene rings is 1. The van der Waals surface area contributed by atoms with Gasteiger partial charge >= 0.3 is 0 Å². The van der Waals surface area contributed by atoms with Gasteiger partial charge in [-0.2, -0.15) is 0 Å². The smallest absolute Gasteiger partial charge is 0.224 e. The number of aliphatic hydroxyl groups is 1. The molecule has 1 aromatic rings. The molecule has 3 rings (SSSR count). The minimum atomic E-state index is -0.865. The molecule has 0 saturated carbocycles. The van der Waals surface area contributed by atoms with Gasteiger partial charge in [0.1, 0.15) is 5.60 Å². The molecule has 1 amide bonds. The van der Waals surface area contributed by atoms with Crippen LogP contribution in [0.5, 0.6) is 0 Å². The van der Waals surface area contributed by atoms with Gasteiger partial charge in [0.2, 0.25) is 5.91 Å². The monoisotopic (exact) mass is 291 g/mol. The van der Waals surface area contributed by atoms with Crippen molar-refractivity contribution in [1.82, 2.24) is 0 Å². The van der Waals surface area contributed by atoms with Crippen LogP contribution < -0.4 is 16.4 Å². The average Bonchev–Trinajstić information content (AvgIpc) is 2.77. The lowest BCUT2D eigenvalue weighted by molar-refractivity contribution is -0.116. The van der Waals surface area contributed by atoms with Crippen molar-refractivity contribution in [3.8, 4) is 0 Å². The molecular formula is C15H21N3O3. The molecule has 6 heteroatoms. The number of nitrogen functional groups attached to an aromatic ring is 1. The number of rotatable bonds is 3. The van der Waals surface area contributed by atoms with Gasteiger partial charge in [-0.15, -0.1) is 0 Å². The molecule has 0 radical (unpaired) electrons. The normalized spacial score (nSPS) is 28.1. The lowest BCUT2D eigenvalue weighted by atomic mass is 9.96. The summed E-state index contributed by atoms with van der Waals surface area (Å²) < 4.78 is 5.42. The molecule has 2 aliphatic rings. The van der Waals surface area contributed by atoms with E-state index >= 15 is 0 Å². The number of ether oxygens (including phenoxy) is 1. The van der Waals surface area contributed by atoms with Crippen molar-refractivity contribution in [1.29, 1.82) is 0 Å². The fourth-order valence-corrected chi connectivity index (χ4v) is 2.85. The zero-order valence-corrected chi connectivity index (χ0v) is 12.1. The highest BCUT2D eigenvalue weighted by molar-refractivity contribution is 5.95. The van der Waals surface area contributed by atoms with Crippen LogP contribution in [0, 0.1) is 0 Å².